The molecule has 1 aliphatic rings. The van der Waals surface area contributed by atoms with Crippen molar-refractivity contribution < 1.29 is 9.32 Å². The van der Waals surface area contributed by atoms with Crippen LogP contribution in [0.1, 0.15) is 29.0 Å². The van der Waals surface area contributed by atoms with Crippen LogP contribution in [0.3, 0.4) is 0 Å². The second kappa shape index (κ2) is 6.64. The number of rotatable bonds is 5. The van der Waals surface area contributed by atoms with Crippen LogP contribution in [0, 0.1) is 12.8 Å². The molecule has 0 aliphatic heterocycles. The zero-order valence-electron chi connectivity index (χ0n) is 15.6. The largest absolute Gasteiger partial charge is 0.360 e. The summed E-state index contributed by atoms with van der Waals surface area (Å²) in [6.45, 7) is 2.64. The van der Waals surface area contributed by atoms with Gasteiger partial charge >= 0.3 is 0 Å². The summed E-state index contributed by atoms with van der Waals surface area (Å²) in [7, 11) is 0. The Morgan fingerprint density at radius 1 is 1.25 bits per heavy atom. The highest BCUT2D eigenvalue weighted by Crippen LogP contribution is 2.33. The lowest BCUT2D eigenvalue weighted by atomic mass is 10.0. The molecule has 5 rings (SSSR count). The van der Waals surface area contributed by atoms with Crippen molar-refractivity contribution in [1.82, 2.24) is 19.9 Å². The molecule has 28 heavy (non-hydrogen) atoms. The predicted octanol–water partition coefficient (Wildman–Crippen LogP) is 4.10. The van der Waals surface area contributed by atoms with Crippen LogP contribution in [0.25, 0.3) is 28.2 Å². The number of carbonyl (C=O) groups is 1. The van der Waals surface area contributed by atoms with Crippen LogP contribution in [-0.2, 0) is 0 Å². The third-order valence-electron chi connectivity index (χ3n) is 5.14. The summed E-state index contributed by atoms with van der Waals surface area (Å²) in [4.78, 5) is 17.1. The molecule has 1 fully saturated rings. The van der Waals surface area contributed by atoms with E-state index in [1.54, 1.807) is 0 Å². The summed E-state index contributed by atoms with van der Waals surface area (Å²) in [5.41, 5.74) is 4.72. The smallest absolute Gasteiger partial charge is 0.251 e. The molecule has 4 aromatic rings. The first-order valence-corrected chi connectivity index (χ1v) is 9.48. The molecule has 1 amide bonds. The lowest BCUT2D eigenvalue weighted by molar-refractivity contribution is 0.0952. The number of benzene rings is 1. The molecule has 1 N–H and O–H groups in total. The fraction of sp³-hybridized carbons (Fsp3) is 0.227. The van der Waals surface area contributed by atoms with Crippen molar-refractivity contribution >= 4 is 11.6 Å². The van der Waals surface area contributed by atoms with Crippen molar-refractivity contribution in [2.75, 3.05) is 6.54 Å². The van der Waals surface area contributed by atoms with Crippen molar-refractivity contribution in [3.8, 4) is 22.5 Å². The Labute approximate surface area is 162 Å². The van der Waals surface area contributed by atoms with Gasteiger partial charge in [0.25, 0.3) is 5.91 Å². The van der Waals surface area contributed by atoms with E-state index in [2.05, 4.69) is 10.5 Å². The summed E-state index contributed by atoms with van der Waals surface area (Å²) in [5, 5.41) is 7.24. The van der Waals surface area contributed by atoms with Crippen LogP contribution in [0.5, 0.6) is 0 Å². The molecule has 6 nitrogen and oxygen atoms in total. The SMILES string of the molecule is Cc1onc(-c2ccccc2)c1-c1cn2ccc(C(=O)NCC3CC3)cc2n1. The topological polar surface area (TPSA) is 72.4 Å². The Hall–Kier alpha value is -3.41. The molecule has 1 aliphatic carbocycles. The number of amides is 1. The van der Waals surface area contributed by atoms with Gasteiger partial charge in [-0.25, -0.2) is 4.98 Å². The van der Waals surface area contributed by atoms with Gasteiger partial charge in [0.05, 0.1) is 11.3 Å². The van der Waals surface area contributed by atoms with E-state index >= 15 is 0 Å². The molecule has 0 bridgehead atoms. The maximum atomic E-state index is 12.4. The molecule has 3 heterocycles. The maximum Gasteiger partial charge on any atom is 0.251 e. The molecule has 0 saturated heterocycles. The second-order valence-corrected chi connectivity index (χ2v) is 7.29. The van der Waals surface area contributed by atoms with Crippen LogP contribution in [0.2, 0.25) is 0 Å². The minimum atomic E-state index is -0.0508. The first-order valence-electron chi connectivity index (χ1n) is 9.48. The van der Waals surface area contributed by atoms with Gasteiger partial charge < -0.3 is 14.2 Å². The zero-order valence-corrected chi connectivity index (χ0v) is 15.6. The normalized spacial score (nSPS) is 13.8. The summed E-state index contributed by atoms with van der Waals surface area (Å²) >= 11 is 0. The average molecular weight is 372 g/mol. The lowest BCUT2D eigenvalue weighted by Crippen LogP contribution is -2.25. The van der Waals surface area contributed by atoms with Gasteiger partial charge in [0, 0.05) is 30.1 Å². The number of aryl methyl sites for hydroxylation is 1. The van der Waals surface area contributed by atoms with Gasteiger partial charge in [-0.3, -0.25) is 4.79 Å². The monoisotopic (exact) mass is 372 g/mol. The summed E-state index contributed by atoms with van der Waals surface area (Å²) in [6.07, 6.45) is 6.23. The Bertz CT molecular complexity index is 1160. The standard InChI is InChI=1S/C22H20N4O2/c1-14-20(21(25-28-14)16-5-3-2-4-6-16)18-13-26-10-9-17(11-19(26)24-18)22(27)23-12-15-7-8-15/h2-6,9-11,13,15H,7-8,12H2,1H3,(H,23,27). The van der Waals surface area contributed by atoms with E-state index < -0.39 is 0 Å². The molecule has 0 spiro atoms. The van der Waals surface area contributed by atoms with Crippen LogP contribution in [-0.4, -0.2) is 27.0 Å². The molecule has 0 radical (unpaired) electrons. The number of imidazole rings is 1. The molecule has 0 atom stereocenters. The van der Waals surface area contributed by atoms with E-state index in [1.165, 1.54) is 12.8 Å². The molecular weight excluding hydrogens is 352 g/mol. The minimum absolute atomic E-state index is 0.0508. The quantitative estimate of drug-likeness (QED) is 0.572. The Balaban J connectivity index is 1.50. The molecule has 3 aromatic heterocycles. The van der Waals surface area contributed by atoms with Crippen LogP contribution in [0.15, 0.2) is 59.4 Å². The van der Waals surface area contributed by atoms with Crippen LogP contribution < -0.4 is 5.32 Å². The first kappa shape index (κ1) is 16.7. The van der Waals surface area contributed by atoms with E-state index in [1.807, 2.05) is 66.2 Å². The number of carbonyl (C=O) groups excluding carboxylic acids is 1. The molecule has 0 unspecified atom stereocenters. The fourth-order valence-electron chi connectivity index (χ4n) is 3.37. The van der Waals surface area contributed by atoms with Gasteiger partial charge in [-0.15, -0.1) is 0 Å². The van der Waals surface area contributed by atoms with Gasteiger partial charge in [-0.2, -0.15) is 0 Å². The molecular formula is C22H20N4O2. The van der Waals surface area contributed by atoms with Crippen molar-refractivity contribution in [3.63, 3.8) is 0 Å². The Morgan fingerprint density at radius 3 is 2.86 bits per heavy atom. The molecule has 1 aromatic carbocycles. The fourth-order valence-corrected chi connectivity index (χ4v) is 3.37. The number of pyridine rings is 1. The lowest BCUT2D eigenvalue weighted by Gasteiger charge is -2.04. The predicted molar refractivity (Wildman–Crippen MR) is 106 cm³/mol. The Kier molecular flexibility index (Phi) is 3.97. The van der Waals surface area contributed by atoms with E-state index in [4.69, 9.17) is 9.51 Å². The third-order valence-corrected chi connectivity index (χ3v) is 5.14. The Morgan fingerprint density at radius 2 is 2.07 bits per heavy atom. The summed E-state index contributed by atoms with van der Waals surface area (Å²) in [6, 6.07) is 13.5. The third kappa shape index (κ3) is 3.07. The summed E-state index contributed by atoms with van der Waals surface area (Å²) < 4.78 is 7.37. The average Bonchev–Trinajstić information content (AvgIpc) is 3.33. The van der Waals surface area contributed by atoms with E-state index in [9.17, 15) is 4.79 Å². The van der Waals surface area contributed by atoms with E-state index in [0.717, 1.165) is 29.1 Å². The second-order valence-electron chi connectivity index (χ2n) is 7.29. The van der Waals surface area contributed by atoms with Gasteiger partial charge in [0.1, 0.15) is 17.1 Å². The number of hydrogen-bond acceptors (Lipinski definition) is 4. The van der Waals surface area contributed by atoms with Crippen molar-refractivity contribution in [1.29, 1.82) is 0 Å². The molecule has 1 saturated carbocycles. The van der Waals surface area contributed by atoms with E-state index in [-0.39, 0.29) is 5.91 Å². The zero-order chi connectivity index (χ0) is 19.1. The molecule has 140 valence electrons. The first-order chi connectivity index (χ1) is 13.7. The van der Waals surface area contributed by atoms with Crippen molar-refractivity contribution in [3.05, 3.63) is 66.2 Å². The number of hydrogen-bond donors (Lipinski definition) is 1. The van der Waals surface area contributed by atoms with Gasteiger partial charge in [-0.05, 0) is 37.8 Å². The van der Waals surface area contributed by atoms with Crippen molar-refractivity contribution in [2.24, 2.45) is 5.92 Å². The number of aromatic nitrogens is 3. The van der Waals surface area contributed by atoms with Gasteiger partial charge in [-0.1, -0.05) is 35.5 Å². The number of nitrogens with one attached hydrogen (secondary N) is 1. The number of nitrogens with zero attached hydrogens (tertiary/aromatic N) is 3. The van der Waals surface area contributed by atoms with Crippen LogP contribution in [0.4, 0.5) is 0 Å². The highest BCUT2D eigenvalue weighted by molar-refractivity contribution is 5.95. The summed E-state index contributed by atoms with van der Waals surface area (Å²) in [5.74, 6) is 1.31. The maximum absolute atomic E-state index is 12.4. The minimum Gasteiger partial charge on any atom is -0.360 e. The van der Waals surface area contributed by atoms with Gasteiger partial charge in [0.15, 0.2) is 0 Å². The van der Waals surface area contributed by atoms with Crippen LogP contribution >= 0.6 is 0 Å². The highest BCUT2D eigenvalue weighted by atomic mass is 16.5. The number of fused-ring (bicyclic) bond motifs is 1. The van der Waals surface area contributed by atoms with Crippen molar-refractivity contribution in [2.45, 2.75) is 19.8 Å². The molecule has 6 heteroatoms. The highest BCUT2D eigenvalue weighted by Gasteiger charge is 2.22. The van der Waals surface area contributed by atoms with Gasteiger partial charge in [0.2, 0.25) is 0 Å². The van der Waals surface area contributed by atoms with E-state index in [0.29, 0.717) is 22.9 Å².